The Morgan fingerprint density at radius 1 is 1.18 bits per heavy atom. The van der Waals surface area contributed by atoms with E-state index in [9.17, 15) is 9.50 Å². The fourth-order valence-electron chi connectivity index (χ4n) is 1.43. The maximum Gasteiger partial charge on any atom is 0.141 e. The maximum atomic E-state index is 12.7. The summed E-state index contributed by atoms with van der Waals surface area (Å²) in [5.74, 6) is -0.460. The van der Waals surface area contributed by atoms with Crippen LogP contribution in [0.25, 0.3) is 0 Å². The Hall–Kier alpha value is -1.16. The summed E-state index contributed by atoms with van der Waals surface area (Å²) >= 11 is 11.8. The second-order valence-corrected chi connectivity index (χ2v) is 4.31. The van der Waals surface area contributed by atoms with E-state index in [1.165, 1.54) is 12.1 Å². The minimum Gasteiger partial charge on any atom is -0.382 e. The first-order valence-electron chi connectivity index (χ1n) is 4.82. The molecule has 1 atom stereocenters. The topological polar surface area (TPSA) is 33.1 Å². The molecule has 88 valence electrons. The number of aliphatic hydroxyl groups is 1. The van der Waals surface area contributed by atoms with Gasteiger partial charge in [0.15, 0.2) is 0 Å². The summed E-state index contributed by atoms with van der Waals surface area (Å²) in [6.45, 7) is 0. The molecule has 1 unspecified atom stereocenters. The third-order valence-corrected chi connectivity index (χ3v) is 2.86. The van der Waals surface area contributed by atoms with E-state index in [1.54, 1.807) is 18.2 Å². The Kier molecular flexibility index (Phi) is 3.62. The van der Waals surface area contributed by atoms with Gasteiger partial charge in [0.25, 0.3) is 0 Å². The highest BCUT2D eigenvalue weighted by Gasteiger charge is 2.15. The lowest BCUT2D eigenvalue weighted by Gasteiger charge is -2.12. The van der Waals surface area contributed by atoms with Crippen molar-refractivity contribution >= 4 is 23.2 Å². The number of aliphatic hydroxyl groups excluding tert-OH is 1. The molecule has 0 fully saturated rings. The monoisotopic (exact) mass is 271 g/mol. The van der Waals surface area contributed by atoms with Crippen LogP contribution in [0.15, 0.2) is 36.5 Å². The molecule has 1 aromatic heterocycles. The number of hydrogen-bond donors (Lipinski definition) is 1. The SMILES string of the molecule is OC(c1ccc(F)cn1)c1cc(Cl)ccc1Cl. The quantitative estimate of drug-likeness (QED) is 0.905. The zero-order valence-electron chi connectivity index (χ0n) is 8.57. The number of aromatic nitrogens is 1. The van der Waals surface area contributed by atoms with Crippen LogP contribution in [0.4, 0.5) is 4.39 Å². The van der Waals surface area contributed by atoms with E-state index < -0.39 is 11.9 Å². The van der Waals surface area contributed by atoms with Crippen molar-refractivity contribution in [3.63, 3.8) is 0 Å². The lowest BCUT2D eigenvalue weighted by molar-refractivity contribution is 0.215. The van der Waals surface area contributed by atoms with E-state index in [2.05, 4.69) is 4.98 Å². The second-order valence-electron chi connectivity index (χ2n) is 3.47. The lowest BCUT2D eigenvalue weighted by Crippen LogP contribution is -2.03. The molecule has 0 aliphatic heterocycles. The van der Waals surface area contributed by atoms with Crippen LogP contribution in [-0.4, -0.2) is 10.1 Å². The van der Waals surface area contributed by atoms with Crippen molar-refractivity contribution in [3.05, 3.63) is 63.6 Å². The zero-order chi connectivity index (χ0) is 12.4. The van der Waals surface area contributed by atoms with Crippen LogP contribution in [0, 0.1) is 5.82 Å². The molecule has 0 radical (unpaired) electrons. The Morgan fingerprint density at radius 3 is 2.59 bits per heavy atom. The number of halogens is 3. The van der Waals surface area contributed by atoms with Crippen LogP contribution in [0.2, 0.25) is 10.0 Å². The molecule has 0 amide bonds. The van der Waals surface area contributed by atoms with Crippen molar-refractivity contribution in [2.24, 2.45) is 0 Å². The van der Waals surface area contributed by atoms with E-state index in [-0.39, 0.29) is 0 Å². The van der Waals surface area contributed by atoms with Crippen molar-refractivity contribution in [1.82, 2.24) is 4.98 Å². The van der Waals surface area contributed by atoms with Gasteiger partial charge in [0.05, 0.1) is 11.9 Å². The third kappa shape index (κ3) is 2.75. The number of hydrogen-bond acceptors (Lipinski definition) is 2. The van der Waals surface area contributed by atoms with Gasteiger partial charge in [-0.3, -0.25) is 4.98 Å². The van der Waals surface area contributed by atoms with Gasteiger partial charge in [0.1, 0.15) is 11.9 Å². The average Bonchev–Trinajstić information content (AvgIpc) is 2.32. The Labute approximate surface area is 108 Å². The van der Waals surface area contributed by atoms with Gasteiger partial charge in [0, 0.05) is 15.6 Å². The molecule has 1 N–H and O–H groups in total. The molecule has 2 aromatic rings. The summed E-state index contributed by atoms with van der Waals surface area (Å²) in [6.07, 6.45) is 0.0126. The summed E-state index contributed by atoms with van der Waals surface area (Å²) in [5, 5.41) is 10.9. The summed E-state index contributed by atoms with van der Waals surface area (Å²) < 4.78 is 12.7. The van der Waals surface area contributed by atoms with Crippen molar-refractivity contribution in [1.29, 1.82) is 0 Å². The van der Waals surface area contributed by atoms with Crippen LogP contribution < -0.4 is 0 Å². The van der Waals surface area contributed by atoms with Gasteiger partial charge in [-0.05, 0) is 30.3 Å². The number of nitrogens with zero attached hydrogens (tertiary/aromatic N) is 1. The predicted octanol–water partition coefficient (Wildman–Crippen LogP) is 3.61. The molecule has 1 heterocycles. The molecule has 1 aromatic carbocycles. The highest BCUT2D eigenvalue weighted by Crippen LogP contribution is 2.29. The van der Waals surface area contributed by atoms with E-state index in [4.69, 9.17) is 23.2 Å². The fourth-order valence-corrected chi connectivity index (χ4v) is 1.83. The van der Waals surface area contributed by atoms with Gasteiger partial charge >= 0.3 is 0 Å². The number of pyridine rings is 1. The average molecular weight is 272 g/mol. The number of rotatable bonds is 2. The van der Waals surface area contributed by atoms with E-state index in [0.29, 0.717) is 21.3 Å². The first-order chi connectivity index (χ1) is 8.08. The van der Waals surface area contributed by atoms with Crippen molar-refractivity contribution in [2.45, 2.75) is 6.10 Å². The van der Waals surface area contributed by atoms with Gasteiger partial charge in [-0.15, -0.1) is 0 Å². The Morgan fingerprint density at radius 2 is 1.94 bits per heavy atom. The predicted molar refractivity (Wildman–Crippen MR) is 64.7 cm³/mol. The van der Waals surface area contributed by atoms with E-state index in [0.717, 1.165) is 6.20 Å². The minimum atomic E-state index is -1.03. The molecule has 17 heavy (non-hydrogen) atoms. The Bertz CT molecular complexity index is 531. The van der Waals surface area contributed by atoms with Gasteiger partial charge in [-0.25, -0.2) is 4.39 Å². The molecule has 0 aliphatic carbocycles. The summed E-state index contributed by atoms with van der Waals surface area (Å²) in [5.41, 5.74) is 0.758. The van der Waals surface area contributed by atoms with E-state index in [1.807, 2.05) is 0 Å². The van der Waals surface area contributed by atoms with E-state index >= 15 is 0 Å². The van der Waals surface area contributed by atoms with Crippen LogP contribution in [0.3, 0.4) is 0 Å². The first kappa shape index (κ1) is 12.3. The van der Waals surface area contributed by atoms with Crippen LogP contribution in [0.5, 0.6) is 0 Å². The molecular formula is C12H8Cl2FNO. The molecule has 5 heteroatoms. The van der Waals surface area contributed by atoms with Gasteiger partial charge in [0.2, 0.25) is 0 Å². The van der Waals surface area contributed by atoms with Crippen LogP contribution in [-0.2, 0) is 0 Å². The second kappa shape index (κ2) is 5.00. The molecule has 0 saturated heterocycles. The van der Waals surface area contributed by atoms with Crippen LogP contribution in [0.1, 0.15) is 17.4 Å². The van der Waals surface area contributed by atoms with Gasteiger partial charge < -0.3 is 5.11 Å². The molecule has 2 rings (SSSR count). The van der Waals surface area contributed by atoms with Crippen molar-refractivity contribution in [2.75, 3.05) is 0 Å². The summed E-state index contributed by atoms with van der Waals surface area (Å²) in [6, 6.07) is 7.39. The van der Waals surface area contributed by atoms with Gasteiger partial charge in [-0.2, -0.15) is 0 Å². The molecule has 0 aliphatic rings. The third-order valence-electron chi connectivity index (χ3n) is 2.28. The Balaban J connectivity index is 2.39. The van der Waals surface area contributed by atoms with Crippen molar-refractivity contribution in [3.8, 4) is 0 Å². The molecule has 0 spiro atoms. The highest BCUT2D eigenvalue weighted by atomic mass is 35.5. The van der Waals surface area contributed by atoms with Crippen molar-refractivity contribution < 1.29 is 9.50 Å². The standard InChI is InChI=1S/C12H8Cl2FNO/c13-7-1-3-10(14)9(5-7)12(17)11-4-2-8(15)6-16-11/h1-6,12,17H. The van der Waals surface area contributed by atoms with Gasteiger partial charge in [-0.1, -0.05) is 23.2 Å². The molecule has 0 saturated carbocycles. The minimum absolute atomic E-state index is 0.315. The number of benzene rings is 1. The molecule has 0 bridgehead atoms. The summed E-state index contributed by atoms with van der Waals surface area (Å²) in [7, 11) is 0. The normalized spacial score (nSPS) is 12.5. The fraction of sp³-hybridized carbons (Fsp3) is 0.0833. The lowest BCUT2D eigenvalue weighted by atomic mass is 10.1. The first-order valence-corrected chi connectivity index (χ1v) is 5.58. The highest BCUT2D eigenvalue weighted by molar-refractivity contribution is 6.33. The largest absolute Gasteiger partial charge is 0.382 e. The molecular weight excluding hydrogens is 264 g/mol. The zero-order valence-corrected chi connectivity index (χ0v) is 10.1. The molecule has 2 nitrogen and oxygen atoms in total. The maximum absolute atomic E-state index is 12.7. The summed E-state index contributed by atoms with van der Waals surface area (Å²) in [4.78, 5) is 3.80. The smallest absolute Gasteiger partial charge is 0.141 e. The van der Waals surface area contributed by atoms with Crippen LogP contribution >= 0.6 is 23.2 Å².